The summed E-state index contributed by atoms with van der Waals surface area (Å²) in [6.07, 6.45) is 21.3. The molecule has 1 saturated carbocycles. The molecule has 0 aromatic carbocycles. The number of aliphatic carboxylic acids is 1. The van der Waals surface area contributed by atoms with Crippen molar-refractivity contribution in [2.45, 2.75) is 134 Å². The highest BCUT2D eigenvalue weighted by Crippen LogP contribution is 2.39. The third-order valence-corrected chi connectivity index (χ3v) is 7.80. The van der Waals surface area contributed by atoms with E-state index >= 15 is 0 Å². The highest BCUT2D eigenvalue weighted by molar-refractivity contribution is 5.66. The van der Waals surface area contributed by atoms with Crippen molar-refractivity contribution >= 4 is 5.97 Å². The van der Waals surface area contributed by atoms with E-state index in [0.717, 1.165) is 77.4 Å². The zero-order chi connectivity index (χ0) is 26.3. The van der Waals surface area contributed by atoms with E-state index in [4.69, 9.17) is 24.1 Å². The van der Waals surface area contributed by atoms with Crippen LogP contribution in [-0.4, -0.2) is 60.3 Å². The van der Waals surface area contributed by atoms with Gasteiger partial charge in [0.1, 0.15) is 0 Å². The second-order valence-electron chi connectivity index (χ2n) is 10.9. The molecule has 2 heterocycles. The molecule has 0 aromatic rings. The Kier molecular flexibility index (Phi) is 14.2. The molecule has 0 radical (unpaired) electrons. The SMILES string of the molecule is CCCCCC(C=CC1C(OC2CCCCO2)CC(O)C1CC=CCCCC(=O)O)OC1CCCCO1. The number of aliphatic hydroxyl groups is 1. The minimum Gasteiger partial charge on any atom is -0.481 e. The molecule has 37 heavy (non-hydrogen) atoms. The monoisotopic (exact) mass is 522 g/mol. The van der Waals surface area contributed by atoms with Gasteiger partial charge in [-0.15, -0.1) is 0 Å². The maximum atomic E-state index is 11.0. The number of hydrogen-bond acceptors (Lipinski definition) is 6. The van der Waals surface area contributed by atoms with Crippen LogP contribution in [0.15, 0.2) is 24.3 Å². The van der Waals surface area contributed by atoms with Crippen LogP contribution < -0.4 is 0 Å². The third-order valence-electron chi connectivity index (χ3n) is 7.80. The van der Waals surface area contributed by atoms with Crippen LogP contribution in [0.4, 0.5) is 0 Å². The second kappa shape index (κ2) is 17.4. The summed E-state index contributed by atoms with van der Waals surface area (Å²) >= 11 is 0. The molecule has 0 spiro atoms. The molecule has 0 aromatic heterocycles. The van der Waals surface area contributed by atoms with Crippen molar-refractivity contribution < 1.29 is 34.0 Å². The van der Waals surface area contributed by atoms with Gasteiger partial charge >= 0.3 is 5.97 Å². The van der Waals surface area contributed by atoms with Crippen molar-refractivity contribution in [3.05, 3.63) is 24.3 Å². The van der Waals surface area contributed by atoms with Gasteiger partial charge in [0.2, 0.25) is 0 Å². The summed E-state index contributed by atoms with van der Waals surface area (Å²) in [5.74, 6) is -0.652. The Balaban J connectivity index is 1.66. The van der Waals surface area contributed by atoms with Crippen LogP contribution in [0.5, 0.6) is 0 Å². The molecule has 3 rings (SSSR count). The van der Waals surface area contributed by atoms with Crippen molar-refractivity contribution in [3.63, 3.8) is 0 Å². The van der Waals surface area contributed by atoms with E-state index < -0.39 is 12.1 Å². The molecular formula is C30H50O7. The average molecular weight is 523 g/mol. The van der Waals surface area contributed by atoms with Crippen LogP contribution in [0.25, 0.3) is 0 Å². The van der Waals surface area contributed by atoms with Gasteiger partial charge in [-0.2, -0.15) is 0 Å². The van der Waals surface area contributed by atoms with Gasteiger partial charge in [-0.3, -0.25) is 4.79 Å². The largest absolute Gasteiger partial charge is 0.481 e. The second-order valence-corrected chi connectivity index (χ2v) is 10.9. The van der Waals surface area contributed by atoms with Crippen LogP contribution >= 0.6 is 0 Å². The topological polar surface area (TPSA) is 94.5 Å². The van der Waals surface area contributed by atoms with Gasteiger partial charge in [-0.05, 0) is 70.1 Å². The van der Waals surface area contributed by atoms with Gasteiger partial charge in [-0.25, -0.2) is 0 Å². The number of carboxylic acid groups (broad SMARTS) is 1. The van der Waals surface area contributed by atoms with Crippen molar-refractivity contribution in [1.82, 2.24) is 0 Å². The minimum absolute atomic E-state index is 0.00816. The molecule has 2 aliphatic heterocycles. The van der Waals surface area contributed by atoms with Crippen LogP contribution in [0.1, 0.15) is 103 Å². The van der Waals surface area contributed by atoms with Crippen LogP contribution in [-0.2, 0) is 23.7 Å². The lowest BCUT2D eigenvalue weighted by atomic mass is 9.89. The van der Waals surface area contributed by atoms with Gasteiger partial charge in [-0.1, -0.05) is 50.5 Å². The highest BCUT2D eigenvalue weighted by atomic mass is 16.7. The predicted octanol–water partition coefficient (Wildman–Crippen LogP) is 6.14. The highest BCUT2D eigenvalue weighted by Gasteiger charge is 2.42. The number of carboxylic acids is 1. The molecule has 1 aliphatic carbocycles. The van der Waals surface area contributed by atoms with Crippen molar-refractivity contribution in [3.8, 4) is 0 Å². The molecular weight excluding hydrogens is 472 g/mol. The van der Waals surface area contributed by atoms with Gasteiger partial charge in [0.15, 0.2) is 12.6 Å². The molecule has 0 bridgehead atoms. The smallest absolute Gasteiger partial charge is 0.303 e. The number of ether oxygens (including phenoxy) is 4. The Hall–Kier alpha value is -1.25. The number of hydrogen-bond donors (Lipinski definition) is 2. The Labute approximate surface area is 223 Å². The third kappa shape index (κ3) is 11.2. The van der Waals surface area contributed by atoms with E-state index in [1.807, 2.05) is 6.08 Å². The fraction of sp³-hybridized carbons (Fsp3) is 0.833. The molecule has 3 aliphatic rings. The van der Waals surface area contributed by atoms with E-state index in [9.17, 15) is 9.90 Å². The summed E-state index contributed by atoms with van der Waals surface area (Å²) < 4.78 is 24.5. The maximum absolute atomic E-state index is 11.0. The van der Waals surface area contributed by atoms with E-state index in [1.165, 1.54) is 12.8 Å². The van der Waals surface area contributed by atoms with Gasteiger partial charge in [0, 0.05) is 32.0 Å². The number of rotatable bonds is 16. The van der Waals surface area contributed by atoms with E-state index in [2.05, 4.69) is 25.2 Å². The normalized spacial score (nSPS) is 31.8. The van der Waals surface area contributed by atoms with E-state index in [0.29, 0.717) is 12.8 Å². The molecule has 7 heteroatoms. The Bertz CT molecular complexity index is 681. The molecule has 2 saturated heterocycles. The summed E-state index contributed by atoms with van der Waals surface area (Å²) in [6, 6.07) is 0. The van der Waals surface area contributed by atoms with Crippen molar-refractivity contribution in [1.29, 1.82) is 0 Å². The van der Waals surface area contributed by atoms with E-state index in [-0.39, 0.29) is 43.0 Å². The number of carbonyl (C=O) groups is 1. The van der Waals surface area contributed by atoms with Crippen LogP contribution in [0.2, 0.25) is 0 Å². The van der Waals surface area contributed by atoms with Gasteiger partial charge < -0.3 is 29.2 Å². The quantitative estimate of drug-likeness (QED) is 0.186. The molecule has 3 fully saturated rings. The van der Waals surface area contributed by atoms with Crippen molar-refractivity contribution in [2.24, 2.45) is 11.8 Å². The Morgan fingerprint density at radius 2 is 1.78 bits per heavy atom. The number of unbranched alkanes of at least 4 members (excludes halogenated alkanes) is 3. The average Bonchev–Trinajstić information content (AvgIpc) is 3.19. The Morgan fingerprint density at radius 3 is 2.46 bits per heavy atom. The van der Waals surface area contributed by atoms with Crippen molar-refractivity contribution in [2.75, 3.05) is 13.2 Å². The molecule has 7 nitrogen and oxygen atoms in total. The molecule has 0 amide bonds. The molecule has 212 valence electrons. The lowest BCUT2D eigenvalue weighted by Crippen LogP contribution is -2.31. The summed E-state index contributed by atoms with van der Waals surface area (Å²) in [6.45, 7) is 3.71. The molecule has 7 unspecified atom stereocenters. The lowest BCUT2D eigenvalue weighted by Gasteiger charge is -2.30. The minimum atomic E-state index is -0.760. The summed E-state index contributed by atoms with van der Waals surface area (Å²) in [4.78, 5) is 10.8. The number of allylic oxidation sites excluding steroid dienone is 2. The molecule has 2 N–H and O–H groups in total. The summed E-state index contributed by atoms with van der Waals surface area (Å²) in [5, 5.41) is 19.9. The first kappa shape index (κ1) is 30.3. The molecule has 7 atom stereocenters. The Morgan fingerprint density at radius 1 is 1.03 bits per heavy atom. The maximum Gasteiger partial charge on any atom is 0.303 e. The zero-order valence-electron chi connectivity index (χ0n) is 22.8. The zero-order valence-corrected chi connectivity index (χ0v) is 22.8. The summed E-state index contributed by atoms with van der Waals surface area (Å²) in [5.41, 5.74) is 0. The van der Waals surface area contributed by atoms with Gasteiger partial charge in [0.05, 0.1) is 18.3 Å². The number of aliphatic hydroxyl groups excluding tert-OH is 1. The first-order valence-electron chi connectivity index (χ1n) is 14.8. The fourth-order valence-electron chi connectivity index (χ4n) is 5.66. The van der Waals surface area contributed by atoms with Gasteiger partial charge in [0.25, 0.3) is 0 Å². The first-order valence-corrected chi connectivity index (χ1v) is 14.8. The van der Waals surface area contributed by atoms with Crippen LogP contribution in [0, 0.1) is 11.8 Å². The fourth-order valence-corrected chi connectivity index (χ4v) is 5.66. The van der Waals surface area contributed by atoms with Crippen LogP contribution in [0.3, 0.4) is 0 Å². The summed E-state index contributed by atoms with van der Waals surface area (Å²) in [7, 11) is 0. The first-order chi connectivity index (χ1) is 18.1. The standard InChI is InChI=1S/C30H50O7/c1-2-3-6-13-23(36-29-16-9-11-20-34-29)18-19-25-24(14-7-4-5-8-15-28(32)33)26(31)22-27(25)37-30-17-10-12-21-35-30/h4,7,18-19,23-27,29-31H,2-3,5-6,8-17,20-22H2,1H3,(H,32,33). The predicted molar refractivity (Wildman–Crippen MR) is 143 cm³/mol. The van der Waals surface area contributed by atoms with E-state index in [1.54, 1.807) is 0 Å². The lowest BCUT2D eigenvalue weighted by molar-refractivity contribution is -0.193.